The van der Waals surface area contributed by atoms with Crippen molar-refractivity contribution in [2.45, 2.75) is 44.7 Å². The number of carbonyl (C=O) groups excluding carboxylic acids is 3. The Kier molecular flexibility index (Phi) is 8.33. The molecule has 1 heterocycles. The number of ether oxygens (including phenoxy) is 2. The van der Waals surface area contributed by atoms with Crippen LogP contribution in [0.1, 0.15) is 27.7 Å². The first-order chi connectivity index (χ1) is 15.0. The van der Waals surface area contributed by atoms with Gasteiger partial charge in [0.2, 0.25) is 10.0 Å². The van der Waals surface area contributed by atoms with E-state index in [0.29, 0.717) is 0 Å². The molecule has 1 aromatic carbocycles. The van der Waals surface area contributed by atoms with E-state index in [2.05, 4.69) is 15.4 Å². The van der Waals surface area contributed by atoms with E-state index in [1.165, 1.54) is 12.1 Å². The molecule has 2 atom stereocenters. The molecule has 0 radical (unpaired) electrons. The fraction of sp³-hybridized carbons (Fsp3) is 0.450. The molecular weight excluding hydrogens is 445 g/mol. The topological polar surface area (TPSA) is 140 Å². The molecule has 32 heavy (non-hydrogen) atoms. The van der Waals surface area contributed by atoms with Crippen LogP contribution in [-0.2, 0) is 29.1 Å². The highest BCUT2D eigenvalue weighted by Gasteiger charge is 2.33. The van der Waals surface area contributed by atoms with E-state index < -0.39 is 63.3 Å². The van der Waals surface area contributed by atoms with Crippen LogP contribution in [0.3, 0.4) is 0 Å². The molecule has 2 amide bonds. The summed E-state index contributed by atoms with van der Waals surface area (Å²) in [6, 6.07) is 2.11. The zero-order valence-electron chi connectivity index (χ0n) is 18.1. The molecule has 0 aromatic heterocycles. The quantitative estimate of drug-likeness (QED) is 0.460. The van der Waals surface area contributed by atoms with E-state index in [4.69, 9.17) is 9.47 Å². The third-order valence-electron chi connectivity index (χ3n) is 4.55. The lowest BCUT2D eigenvalue weighted by Crippen LogP contribution is -2.50. The van der Waals surface area contributed by atoms with Gasteiger partial charge in [0.1, 0.15) is 23.4 Å². The minimum atomic E-state index is -4.36. The van der Waals surface area contributed by atoms with Gasteiger partial charge in [0, 0.05) is 0 Å². The van der Waals surface area contributed by atoms with Crippen LogP contribution in [0.4, 0.5) is 9.18 Å². The normalized spacial score (nSPS) is 17.4. The third kappa shape index (κ3) is 6.04. The lowest BCUT2D eigenvalue weighted by atomic mass is 10.0. The van der Waals surface area contributed by atoms with Gasteiger partial charge in [0.05, 0.1) is 23.9 Å². The molecule has 1 aromatic rings. The number of urea groups is 1. The molecule has 1 aliphatic heterocycles. The maximum Gasteiger partial charge on any atom is 0.338 e. The summed E-state index contributed by atoms with van der Waals surface area (Å²) in [5.74, 6) is -3.18. The molecule has 0 spiro atoms. The second kappa shape index (κ2) is 10.6. The number of sulfonamides is 1. The highest BCUT2D eigenvalue weighted by Crippen LogP contribution is 2.18. The SMILES string of the molecule is CCOC(=O)C1=C(COC(=O)[C@@H](NS(=O)(=O)c2ccccc2F)C(C)C)NC(=O)NC1C. The monoisotopic (exact) mass is 471 g/mol. The number of halogens is 1. The summed E-state index contributed by atoms with van der Waals surface area (Å²) in [6.07, 6.45) is 0. The number of rotatable bonds is 9. The van der Waals surface area contributed by atoms with Crippen LogP contribution in [0.25, 0.3) is 0 Å². The average molecular weight is 472 g/mol. The van der Waals surface area contributed by atoms with E-state index in [0.717, 1.165) is 12.1 Å². The molecule has 2 rings (SSSR count). The van der Waals surface area contributed by atoms with Gasteiger partial charge in [-0.3, -0.25) is 4.79 Å². The molecule has 0 bridgehead atoms. The summed E-state index contributed by atoms with van der Waals surface area (Å²) < 4.78 is 51.5. The third-order valence-corrected chi connectivity index (χ3v) is 6.03. The smallest absolute Gasteiger partial charge is 0.338 e. The molecule has 176 valence electrons. The van der Waals surface area contributed by atoms with Gasteiger partial charge in [-0.05, 0) is 31.9 Å². The number of hydrogen-bond donors (Lipinski definition) is 3. The lowest BCUT2D eigenvalue weighted by Gasteiger charge is -2.27. The maximum absolute atomic E-state index is 14.0. The van der Waals surface area contributed by atoms with Gasteiger partial charge in [-0.25, -0.2) is 22.4 Å². The first-order valence-electron chi connectivity index (χ1n) is 9.89. The Bertz CT molecular complexity index is 1020. The lowest BCUT2D eigenvalue weighted by molar-refractivity contribution is -0.146. The second-order valence-electron chi connectivity index (χ2n) is 7.31. The van der Waals surface area contributed by atoms with Crippen molar-refractivity contribution in [3.05, 3.63) is 41.4 Å². The van der Waals surface area contributed by atoms with E-state index in [9.17, 15) is 27.2 Å². The van der Waals surface area contributed by atoms with Gasteiger partial charge in [0.15, 0.2) is 0 Å². The van der Waals surface area contributed by atoms with Crippen LogP contribution in [0, 0.1) is 11.7 Å². The van der Waals surface area contributed by atoms with Crippen molar-refractivity contribution in [2.24, 2.45) is 5.92 Å². The largest absolute Gasteiger partial charge is 0.463 e. The van der Waals surface area contributed by atoms with Gasteiger partial charge in [-0.15, -0.1) is 0 Å². The van der Waals surface area contributed by atoms with E-state index >= 15 is 0 Å². The number of hydrogen-bond acceptors (Lipinski definition) is 7. The number of amides is 2. The number of esters is 2. The van der Waals surface area contributed by atoms with E-state index in [-0.39, 0.29) is 17.9 Å². The van der Waals surface area contributed by atoms with Crippen LogP contribution in [0.15, 0.2) is 40.4 Å². The predicted molar refractivity (Wildman–Crippen MR) is 111 cm³/mol. The molecule has 0 saturated carbocycles. The highest BCUT2D eigenvalue weighted by molar-refractivity contribution is 7.89. The van der Waals surface area contributed by atoms with Gasteiger partial charge in [0.25, 0.3) is 0 Å². The standard InChI is InChI=1S/C20H26FN3O7S/c1-5-30-18(25)16-12(4)22-20(27)23-14(16)10-31-19(26)17(11(2)3)24-32(28,29)15-9-7-6-8-13(15)21/h6-9,11-12,17,24H,5,10H2,1-4H3,(H2,22,23,27)/t12?,17-/m0/s1. The van der Waals surface area contributed by atoms with Crippen LogP contribution < -0.4 is 15.4 Å². The first-order valence-corrected chi connectivity index (χ1v) is 11.4. The van der Waals surface area contributed by atoms with Gasteiger partial charge >= 0.3 is 18.0 Å². The van der Waals surface area contributed by atoms with Gasteiger partial charge < -0.3 is 20.1 Å². The summed E-state index contributed by atoms with van der Waals surface area (Å²) in [5.41, 5.74) is 0.0970. The molecule has 0 fully saturated rings. The van der Waals surface area contributed by atoms with Crippen molar-refractivity contribution < 1.29 is 36.7 Å². The first kappa shape index (κ1) is 25.3. The molecule has 0 aliphatic carbocycles. The Balaban J connectivity index is 2.22. The minimum Gasteiger partial charge on any atom is -0.463 e. The molecule has 10 nitrogen and oxygen atoms in total. The van der Waals surface area contributed by atoms with Crippen molar-refractivity contribution >= 4 is 28.0 Å². The number of carbonyl (C=O) groups is 3. The maximum atomic E-state index is 14.0. The van der Waals surface area contributed by atoms with Crippen molar-refractivity contribution in [2.75, 3.05) is 13.2 Å². The summed E-state index contributed by atoms with van der Waals surface area (Å²) in [5, 5.41) is 4.91. The number of nitrogens with one attached hydrogen (secondary N) is 3. The Labute approximate surface area is 185 Å². The van der Waals surface area contributed by atoms with Crippen LogP contribution in [0.5, 0.6) is 0 Å². The minimum absolute atomic E-state index is 0.0208. The van der Waals surface area contributed by atoms with Gasteiger partial charge in [-0.2, -0.15) is 4.72 Å². The Morgan fingerprint density at radius 3 is 2.47 bits per heavy atom. The average Bonchev–Trinajstić information content (AvgIpc) is 2.70. The molecule has 0 saturated heterocycles. The second-order valence-corrected chi connectivity index (χ2v) is 9.00. The molecular formula is C20H26FN3O7S. The van der Waals surface area contributed by atoms with Crippen LogP contribution in [-0.4, -0.2) is 51.7 Å². The van der Waals surface area contributed by atoms with Crippen molar-refractivity contribution in [1.29, 1.82) is 0 Å². The van der Waals surface area contributed by atoms with Gasteiger partial charge in [-0.1, -0.05) is 26.0 Å². The summed E-state index contributed by atoms with van der Waals surface area (Å²) in [4.78, 5) is 36.1. The molecule has 1 aliphatic rings. The summed E-state index contributed by atoms with van der Waals surface area (Å²) >= 11 is 0. The zero-order valence-corrected chi connectivity index (χ0v) is 18.9. The summed E-state index contributed by atoms with van der Waals surface area (Å²) in [7, 11) is -4.36. The highest BCUT2D eigenvalue weighted by atomic mass is 32.2. The van der Waals surface area contributed by atoms with Crippen LogP contribution in [0.2, 0.25) is 0 Å². The predicted octanol–water partition coefficient (Wildman–Crippen LogP) is 1.19. The van der Waals surface area contributed by atoms with E-state index in [1.807, 2.05) is 0 Å². The van der Waals surface area contributed by atoms with Crippen LogP contribution >= 0.6 is 0 Å². The molecule has 1 unspecified atom stereocenters. The summed E-state index contributed by atoms with van der Waals surface area (Å²) in [6.45, 7) is 5.93. The Hall–Kier alpha value is -2.99. The Morgan fingerprint density at radius 2 is 1.88 bits per heavy atom. The Morgan fingerprint density at radius 1 is 1.22 bits per heavy atom. The van der Waals surface area contributed by atoms with Crippen molar-refractivity contribution in [3.63, 3.8) is 0 Å². The van der Waals surface area contributed by atoms with Crippen molar-refractivity contribution in [3.8, 4) is 0 Å². The van der Waals surface area contributed by atoms with Crippen molar-refractivity contribution in [1.82, 2.24) is 15.4 Å². The molecule has 12 heteroatoms. The zero-order chi connectivity index (χ0) is 24.1. The fourth-order valence-electron chi connectivity index (χ4n) is 2.98. The number of benzene rings is 1. The fourth-order valence-corrected chi connectivity index (χ4v) is 4.39. The van der Waals surface area contributed by atoms with E-state index in [1.54, 1.807) is 27.7 Å². The molecule has 3 N–H and O–H groups in total.